The average molecular weight is 431 g/mol. The lowest BCUT2D eigenvalue weighted by Crippen LogP contribution is -2.57. The number of primary amides is 1. The Hall–Kier alpha value is -2.73. The second-order valence-corrected chi connectivity index (χ2v) is 7.24. The van der Waals surface area contributed by atoms with Gasteiger partial charge < -0.3 is 38.3 Å². The van der Waals surface area contributed by atoms with Crippen molar-refractivity contribution in [3.8, 4) is 0 Å². The SMILES string of the molecule is CC(C)C(NC(=O)CN)C(=O)NC(CCCCN)C(=O)NC(CCC(N)=O)C(=O)O. The largest absolute Gasteiger partial charge is 0.480 e. The summed E-state index contributed by atoms with van der Waals surface area (Å²) in [5.74, 6) is -4.14. The Bertz CT molecular complexity index is 612. The van der Waals surface area contributed by atoms with E-state index >= 15 is 0 Å². The molecule has 0 aliphatic rings. The van der Waals surface area contributed by atoms with Crippen LogP contribution in [0.4, 0.5) is 0 Å². The number of carboxylic acids is 1. The average Bonchev–Trinajstić information content (AvgIpc) is 2.67. The van der Waals surface area contributed by atoms with Crippen molar-refractivity contribution in [2.45, 2.75) is 64.1 Å². The van der Waals surface area contributed by atoms with E-state index in [4.69, 9.17) is 17.2 Å². The molecule has 0 radical (unpaired) electrons. The number of nitrogens with one attached hydrogen (secondary N) is 3. The van der Waals surface area contributed by atoms with Crippen LogP contribution < -0.4 is 33.2 Å². The molecule has 12 heteroatoms. The van der Waals surface area contributed by atoms with Crippen LogP contribution in [0.1, 0.15) is 46.0 Å². The second-order valence-electron chi connectivity index (χ2n) is 7.24. The number of hydrogen-bond acceptors (Lipinski definition) is 7. The van der Waals surface area contributed by atoms with E-state index in [2.05, 4.69) is 16.0 Å². The molecule has 0 rings (SSSR count). The zero-order valence-corrected chi connectivity index (χ0v) is 17.5. The standard InChI is InChI=1S/C18H34N6O6/c1-10(2)15(24-14(26)9-20)17(28)22-11(5-3-4-8-19)16(27)23-12(18(29)30)6-7-13(21)25/h10-12,15H,3-9,19-20H2,1-2H3,(H2,21,25)(H,22,28)(H,23,27)(H,24,26)(H,29,30). The van der Waals surface area contributed by atoms with E-state index in [1.165, 1.54) is 0 Å². The zero-order valence-electron chi connectivity index (χ0n) is 17.5. The fourth-order valence-corrected chi connectivity index (χ4v) is 2.61. The highest BCUT2D eigenvalue weighted by molar-refractivity contribution is 5.93. The van der Waals surface area contributed by atoms with E-state index in [-0.39, 0.29) is 31.7 Å². The molecule has 3 atom stereocenters. The van der Waals surface area contributed by atoms with E-state index in [9.17, 15) is 29.1 Å². The summed E-state index contributed by atoms with van der Waals surface area (Å²) in [7, 11) is 0. The smallest absolute Gasteiger partial charge is 0.326 e. The normalized spacial score (nSPS) is 13.8. The molecule has 0 heterocycles. The van der Waals surface area contributed by atoms with Gasteiger partial charge in [-0.05, 0) is 38.1 Å². The van der Waals surface area contributed by atoms with Gasteiger partial charge in [0.25, 0.3) is 0 Å². The molecule has 172 valence electrons. The van der Waals surface area contributed by atoms with Crippen molar-refractivity contribution >= 4 is 29.6 Å². The Balaban J connectivity index is 5.32. The van der Waals surface area contributed by atoms with Crippen LogP contribution in [0.5, 0.6) is 0 Å². The summed E-state index contributed by atoms with van der Waals surface area (Å²) in [6.07, 6.45) is 0.923. The summed E-state index contributed by atoms with van der Waals surface area (Å²) in [5, 5.41) is 16.7. The lowest BCUT2D eigenvalue weighted by Gasteiger charge is -2.26. The van der Waals surface area contributed by atoms with Gasteiger partial charge in [-0.25, -0.2) is 4.79 Å². The molecule has 3 unspecified atom stereocenters. The van der Waals surface area contributed by atoms with Crippen molar-refractivity contribution in [1.82, 2.24) is 16.0 Å². The van der Waals surface area contributed by atoms with E-state index < -0.39 is 47.7 Å². The first-order valence-electron chi connectivity index (χ1n) is 9.84. The number of unbranched alkanes of at least 4 members (excludes halogenated alkanes) is 1. The molecule has 0 saturated heterocycles. The maximum Gasteiger partial charge on any atom is 0.326 e. The Morgan fingerprint density at radius 2 is 1.47 bits per heavy atom. The minimum atomic E-state index is -1.34. The number of hydrogen-bond donors (Lipinski definition) is 7. The van der Waals surface area contributed by atoms with Gasteiger partial charge in [-0.15, -0.1) is 0 Å². The van der Waals surface area contributed by atoms with Crippen LogP contribution in [-0.4, -0.2) is 65.9 Å². The summed E-state index contributed by atoms with van der Waals surface area (Å²) in [5.41, 5.74) is 15.8. The van der Waals surface area contributed by atoms with Gasteiger partial charge in [0.05, 0.1) is 6.54 Å². The van der Waals surface area contributed by atoms with Crippen molar-refractivity contribution in [2.24, 2.45) is 23.1 Å². The first-order chi connectivity index (χ1) is 14.0. The predicted octanol–water partition coefficient (Wildman–Crippen LogP) is -2.47. The fraction of sp³-hybridized carbons (Fsp3) is 0.722. The molecular weight excluding hydrogens is 396 g/mol. The maximum absolute atomic E-state index is 12.7. The Morgan fingerprint density at radius 3 is 1.93 bits per heavy atom. The number of carbonyl (C=O) groups is 5. The predicted molar refractivity (Wildman–Crippen MR) is 109 cm³/mol. The Kier molecular flexibility index (Phi) is 13.0. The van der Waals surface area contributed by atoms with Crippen molar-refractivity contribution in [1.29, 1.82) is 0 Å². The summed E-state index contributed by atoms with van der Waals surface area (Å²) in [6, 6.07) is -3.30. The van der Waals surface area contributed by atoms with Gasteiger partial charge in [0.15, 0.2) is 0 Å². The molecule has 0 aromatic rings. The number of amides is 4. The van der Waals surface area contributed by atoms with Gasteiger partial charge in [-0.2, -0.15) is 0 Å². The van der Waals surface area contributed by atoms with E-state index in [1.54, 1.807) is 13.8 Å². The highest BCUT2D eigenvalue weighted by Gasteiger charge is 2.30. The van der Waals surface area contributed by atoms with Crippen molar-refractivity contribution in [3.05, 3.63) is 0 Å². The number of carboxylic acid groups (broad SMARTS) is 1. The summed E-state index contributed by atoms with van der Waals surface area (Å²) >= 11 is 0. The maximum atomic E-state index is 12.7. The third-order valence-electron chi connectivity index (χ3n) is 4.32. The molecule has 0 aromatic heterocycles. The molecule has 0 aromatic carbocycles. The number of rotatable bonds is 15. The number of nitrogens with two attached hydrogens (primary N) is 3. The molecule has 30 heavy (non-hydrogen) atoms. The van der Waals surface area contributed by atoms with Crippen molar-refractivity contribution < 1.29 is 29.1 Å². The lowest BCUT2D eigenvalue weighted by molar-refractivity contribution is -0.142. The van der Waals surface area contributed by atoms with Crippen LogP contribution >= 0.6 is 0 Å². The van der Waals surface area contributed by atoms with Crippen LogP contribution in [0.25, 0.3) is 0 Å². The van der Waals surface area contributed by atoms with Gasteiger partial charge in [0.1, 0.15) is 18.1 Å². The van der Waals surface area contributed by atoms with Crippen molar-refractivity contribution in [2.75, 3.05) is 13.1 Å². The Morgan fingerprint density at radius 1 is 0.867 bits per heavy atom. The van der Waals surface area contributed by atoms with E-state index in [0.29, 0.717) is 19.4 Å². The number of aliphatic carboxylic acids is 1. The van der Waals surface area contributed by atoms with Gasteiger partial charge in [0.2, 0.25) is 23.6 Å². The monoisotopic (exact) mass is 430 g/mol. The molecule has 4 amide bonds. The highest BCUT2D eigenvalue weighted by Crippen LogP contribution is 2.07. The molecule has 0 aliphatic heterocycles. The summed E-state index contributed by atoms with van der Waals surface area (Å²) in [4.78, 5) is 59.2. The molecule has 0 fully saturated rings. The molecule has 10 N–H and O–H groups in total. The molecule has 0 aliphatic carbocycles. The molecule has 0 bridgehead atoms. The van der Waals surface area contributed by atoms with E-state index in [0.717, 1.165) is 0 Å². The summed E-state index contributed by atoms with van der Waals surface area (Å²) < 4.78 is 0. The van der Waals surface area contributed by atoms with Gasteiger partial charge in [0, 0.05) is 6.42 Å². The molecular formula is C18H34N6O6. The zero-order chi connectivity index (χ0) is 23.3. The van der Waals surface area contributed by atoms with E-state index in [1.807, 2.05) is 0 Å². The van der Waals surface area contributed by atoms with Crippen LogP contribution in [0.15, 0.2) is 0 Å². The third-order valence-corrected chi connectivity index (χ3v) is 4.32. The van der Waals surface area contributed by atoms with Crippen LogP contribution in [-0.2, 0) is 24.0 Å². The minimum Gasteiger partial charge on any atom is -0.480 e. The minimum absolute atomic E-state index is 0.180. The molecule has 0 saturated carbocycles. The third kappa shape index (κ3) is 10.7. The highest BCUT2D eigenvalue weighted by atomic mass is 16.4. The first-order valence-corrected chi connectivity index (χ1v) is 9.84. The topological polar surface area (TPSA) is 220 Å². The van der Waals surface area contributed by atoms with Gasteiger partial charge in [-0.3, -0.25) is 19.2 Å². The molecule has 12 nitrogen and oxygen atoms in total. The second kappa shape index (κ2) is 14.3. The van der Waals surface area contributed by atoms with Crippen LogP contribution in [0, 0.1) is 5.92 Å². The lowest BCUT2D eigenvalue weighted by atomic mass is 10.0. The number of carbonyl (C=O) groups excluding carboxylic acids is 4. The van der Waals surface area contributed by atoms with Gasteiger partial charge in [-0.1, -0.05) is 13.8 Å². The quantitative estimate of drug-likeness (QED) is 0.138. The summed E-state index contributed by atoms with van der Waals surface area (Å²) in [6.45, 7) is 3.53. The Labute approximate surface area is 175 Å². The molecule has 0 spiro atoms. The van der Waals surface area contributed by atoms with Crippen LogP contribution in [0.2, 0.25) is 0 Å². The van der Waals surface area contributed by atoms with Crippen LogP contribution in [0.3, 0.4) is 0 Å². The van der Waals surface area contributed by atoms with Crippen molar-refractivity contribution in [3.63, 3.8) is 0 Å². The first kappa shape index (κ1) is 27.3. The fourth-order valence-electron chi connectivity index (χ4n) is 2.61. The van der Waals surface area contributed by atoms with Gasteiger partial charge >= 0.3 is 5.97 Å².